The zero-order valence-electron chi connectivity index (χ0n) is 8.54. The van der Waals surface area contributed by atoms with Gasteiger partial charge in [-0.15, -0.1) is 0 Å². The fourth-order valence-electron chi connectivity index (χ4n) is 1.17. The fourth-order valence-corrected chi connectivity index (χ4v) is 2.11. The Balaban J connectivity index is 2.23. The summed E-state index contributed by atoms with van der Waals surface area (Å²) in [5, 5.41) is 4.42. The van der Waals surface area contributed by atoms with E-state index in [1.54, 1.807) is 7.11 Å². The molecule has 13 heavy (non-hydrogen) atoms. The van der Waals surface area contributed by atoms with Gasteiger partial charge >= 0.3 is 0 Å². The van der Waals surface area contributed by atoms with Crippen molar-refractivity contribution in [3.05, 3.63) is 0 Å². The van der Waals surface area contributed by atoms with E-state index < -0.39 is 0 Å². The molecule has 0 aromatic carbocycles. The van der Waals surface area contributed by atoms with Crippen LogP contribution in [0.5, 0.6) is 0 Å². The van der Waals surface area contributed by atoms with Gasteiger partial charge in [0.15, 0.2) is 5.17 Å². The van der Waals surface area contributed by atoms with Crippen molar-refractivity contribution >= 4 is 16.9 Å². The largest absolute Gasteiger partial charge is 0.384 e. The fraction of sp³-hybridized carbons (Fsp3) is 0.889. The number of hydrogen-bond donors (Lipinski definition) is 1. The SMILES string of the molecule is COCC(C)CN=C1NC(C)CS1. The zero-order valence-corrected chi connectivity index (χ0v) is 9.36. The average Bonchev–Trinajstić information content (AvgIpc) is 2.49. The van der Waals surface area contributed by atoms with Crippen LogP contribution in [0.25, 0.3) is 0 Å². The molecule has 1 rings (SSSR count). The molecule has 1 fully saturated rings. The van der Waals surface area contributed by atoms with Crippen LogP contribution in [0.1, 0.15) is 13.8 Å². The highest BCUT2D eigenvalue weighted by Crippen LogP contribution is 2.13. The molecule has 0 radical (unpaired) electrons. The first-order valence-corrected chi connectivity index (χ1v) is 5.63. The second-order valence-electron chi connectivity index (χ2n) is 3.56. The number of amidine groups is 1. The minimum absolute atomic E-state index is 0.510. The summed E-state index contributed by atoms with van der Waals surface area (Å²) >= 11 is 1.81. The number of rotatable bonds is 4. The summed E-state index contributed by atoms with van der Waals surface area (Å²) in [6, 6.07) is 0.571. The molecule has 1 aliphatic heterocycles. The topological polar surface area (TPSA) is 33.6 Å². The maximum atomic E-state index is 5.04. The van der Waals surface area contributed by atoms with Gasteiger partial charge in [-0.1, -0.05) is 18.7 Å². The molecule has 1 aliphatic rings. The summed E-state index contributed by atoms with van der Waals surface area (Å²) in [4.78, 5) is 4.48. The van der Waals surface area contributed by atoms with Crippen LogP contribution in [0.2, 0.25) is 0 Å². The summed E-state index contributed by atoms with van der Waals surface area (Å²) in [5.74, 6) is 1.65. The number of methoxy groups -OCH3 is 1. The van der Waals surface area contributed by atoms with Crippen molar-refractivity contribution in [1.29, 1.82) is 0 Å². The lowest BCUT2D eigenvalue weighted by molar-refractivity contribution is 0.163. The van der Waals surface area contributed by atoms with Crippen LogP contribution in [-0.2, 0) is 4.74 Å². The molecule has 1 saturated heterocycles. The van der Waals surface area contributed by atoms with Crippen LogP contribution >= 0.6 is 11.8 Å². The number of nitrogens with zero attached hydrogens (tertiary/aromatic N) is 1. The third-order valence-corrected chi connectivity index (χ3v) is 3.02. The summed E-state index contributed by atoms with van der Waals surface area (Å²) in [6.07, 6.45) is 0. The van der Waals surface area contributed by atoms with E-state index in [2.05, 4.69) is 24.2 Å². The van der Waals surface area contributed by atoms with E-state index >= 15 is 0 Å². The first kappa shape index (κ1) is 10.9. The lowest BCUT2D eigenvalue weighted by Gasteiger charge is -2.07. The number of ether oxygens (including phenoxy) is 1. The highest BCUT2D eigenvalue weighted by molar-refractivity contribution is 8.14. The van der Waals surface area contributed by atoms with Crippen molar-refractivity contribution in [2.24, 2.45) is 10.9 Å². The van der Waals surface area contributed by atoms with E-state index in [1.807, 2.05) is 11.8 Å². The van der Waals surface area contributed by atoms with Crippen LogP contribution in [0.3, 0.4) is 0 Å². The molecule has 0 aromatic heterocycles. The molecule has 0 aliphatic carbocycles. The first-order valence-electron chi connectivity index (χ1n) is 4.65. The minimum atomic E-state index is 0.510. The molecule has 76 valence electrons. The van der Waals surface area contributed by atoms with Gasteiger partial charge in [-0.05, 0) is 12.8 Å². The Kier molecular flexibility index (Phi) is 4.59. The third-order valence-electron chi connectivity index (χ3n) is 1.84. The number of aliphatic imine (C=N–C) groups is 1. The van der Waals surface area contributed by atoms with E-state index in [9.17, 15) is 0 Å². The standard InChI is InChI=1S/C9H18N2OS/c1-7(5-12-3)4-10-9-11-8(2)6-13-9/h7-8H,4-6H2,1-3H3,(H,10,11). The predicted octanol–water partition coefficient (Wildman–Crippen LogP) is 1.35. The Labute approximate surface area is 84.3 Å². The van der Waals surface area contributed by atoms with E-state index in [1.165, 1.54) is 0 Å². The van der Waals surface area contributed by atoms with Gasteiger partial charge in [0.25, 0.3) is 0 Å². The zero-order chi connectivity index (χ0) is 9.68. The Morgan fingerprint density at radius 1 is 1.77 bits per heavy atom. The van der Waals surface area contributed by atoms with Crippen LogP contribution < -0.4 is 5.32 Å². The second-order valence-corrected chi connectivity index (χ2v) is 4.57. The van der Waals surface area contributed by atoms with Gasteiger partial charge in [-0.2, -0.15) is 0 Å². The normalized spacial score (nSPS) is 27.6. The van der Waals surface area contributed by atoms with Crippen molar-refractivity contribution in [1.82, 2.24) is 5.32 Å². The Morgan fingerprint density at radius 2 is 2.54 bits per heavy atom. The summed E-state index contributed by atoms with van der Waals surface area (Å²) in [5.41, 5.74) is 0. The predicted molar refractivity (Wildman–Crippen MR) is 58.4 cm³/mol. The van der Waals surface area contributed by atoms with Gasteiger partial charge < -0.3 is 10.1 Å². The molecule has 2 unspecified atom stereocenters. The smallest absolute Gasteiger partial charge is 0.156 e. The average molecular weight is 202 g/mol. The molecule has 0 aromatic rings. The molecule has 3 nitrogen and oxygen atoms in total. The van der Waals surface area contributed by atoms with Gasteiger partial charge in [-0.3, -0.25) is 4.99 Å². The molecule has 0 spiro atoms. The van der Waals surface area contributed by atoms with E-state index in [4.69, 9.17) is 4.74 Å². The highest BCUT2D eigenvalue weighted by atomic mass is 32.2. The maximum absolute atomic E-state index is 5.04. The van der Waals surface area contributed by atoms with Crippen LogP contribution in [0.4, 0.5) is 0 Å². The van der Waals surface area contributed by atoms with E-state index in [-0.39, 0.29) is 0 Å². The van der Waals surface area contributed by atoms with Crippen molar-refractivity contribution < 1.29 is 4.74 Å². The number of thioether (sulfide) groups is 1. The minimum Gasteiger partial charge on any atom is -0.384 e. The molecular weight excluding hydrogens is 184 g/mol. The lowest BCUT2D eigenvalue weighted by Crippen LogP contribution is -2.23. The number of nitrogens with one attached hydrogen (secondary N) is 1. The van der Waals surface area contributed by atoms with Gasteiger partial charge in [0.2, 0.25) is 0 Å². The molecule has 1 N–H and O–H groups in total. The monoisotopic (exact) mass is 202 g/mol. The van der Waals surface area contributed by atoms with Gasteiger partial charge in [-0.25, -0.2) is 0 Å². The van der Waals surface area contributed by atoms with Gasteiger partial charge in [0, 0.05) is 25.4 Å². The molecular formula is C9H18N2OS. The first-order chi connectivity index (χ1) is 6.22. The quantitative estimate of drug-likeness (QED) is 0.747. The van der Waals surface area contributed by atoms with Gasteiger partial charge in [0.05, 0.1) is 6.61 Å². The van der Waals surface area contributed by atoms with Gasteiger partial charge in [0.1, 0.15) is 0 Å². The summed E-state index contributed by atoms with van der Waals surface area (Å²) in [6.45, 7) is 5.97. The van der Waals surface area contributed by atoms with Crippen molar-refractivity contribution in [2.75, 3.05) is 26.0 Å². The third kappa shape index (κ3) is 4.00. The van der Waals surface area contributed by atoms with E-state index in [0.29, 0.717) is 12.0 Å². The molecule has 4 heteroatoms. The molecule has 0 saturated carbocycles. The maximum Gasteiger partial charge on any atom is 0.156 e. The second kappa shape index (κ2) is 5.50. The highest BCUT2D eigenvalue weighted by Gasteiger charge is 2.15. The Bertz CT molecular complexity index is 184. The molecule has 1 heterocycles. The van der Waals surface area contributed by atoms with Crippen LogP contribution in [-0.4, -0.2) is 37.2 Å². The summed E-state index contributed by atoms with van der Waals surface area (Å²) < 4.78 is 5.04. The van der Waals surface area contributed by atoms with Crippen LogP contribution in [0.15, 0.2) is 4.99 Å². The molecule has 0 bridgehead atoms. The number of hydrogen-bond acceptors (Lipinski definition) is 3. The van der Waals surface area contributed by atoms with Crippen molar-refractivity contribution in [3.63, 3.8) is 0 Å². The van der Waals surface area contributed by atoms with Crippen molar-refractivity contribution in [2.45, 2.75) is 19.9 Å². The molecule has 0 amide bonds. The molecule has 2 atom stereocenters. The van der Waals surface area contributed by atoms with Crippen molar-refractivity contribution in [3.8, 4) is 0 Å². The van der Waals surface area contributed by atoms with E-state index in [0.717, 1.165) is 24.1 Å². The summed E-state index contributed by atoms with van der Waals surface area (Å²) in [7, 11) is 1.73. The van der Waals surface area contributed by atoms with Crippen LogP contribution in [0, 0.1) is 5.92 Å². The Morgan fingerprint density at radius 3 is 3.08 bits per heavy atom. The lowest BCUT2D eigenvalue weighted by atomic mass is 10.2. The Hall–Kier alpha value is -0.220.